The van der Waals surface area contributed by atoms with Gasteiger partial charge in [-0.25, -0.2) is 20.0 Å². The molecule has 1 aliphatic rings. The molecule has 0 saturated heterocycles. The monoisotopic (exact) mass is 312 g/mol. The van der Waals surface area contributed by atoms with Crippen molar-refractivity contribution in [2.75, 3.05) is 0 Å². The molecule has 0 aromatic carbocycles. The molecule has 1 N–H and O–H groups in total. The van der Waals surface area contributed by atoms with Gasteiger partial charge in [0.2, 0.25) is 0 Å². The van der Waals surface area contributed by atoms with Crippen LogP contribution in [0.1, 0.15) is 54.9 Å². The summed E-state index contributed by atoms with van der Waals surface area (Å²) in [5.74, 6) is 0.127. The van der Waals surface area contributed by atoms with Gasteiger partial charge in [0, 0.05) is 0 Å². The fraction of sp³-hybridized carbons (Fsp3) is 0.750. The van der Waals surface area contributed by atoms with E-state index in [0.717, 1.165) is 0 Å². The molecule has 0 saturated carbocycles. The summed E-state index contributed by atoms with van der Waals surface area (Å²) in [5, 5.41) is 1.24. The zero-order chi connectivity index (χ0) is 17.1. The molecule has 0 heterocycles. The first-order valence-corrected chi connectivity index (χ1v) is 7.57. The van der Waals surface area contributed by atoms with E-state index in [4.69, 9.17) is 9.47 Å². The zero-order valence-electron chi connectivity index (χ0n) is 14.6. The number of nitrogens with one attached hydrogen (secondary N) is 1. The van der Waals surface area contributed by atoms with Crippen LogP contribution in [0.3, 0.4) is 0 Å². The molecule has 0 aromatic rings. The van der Waals surface area contributed by atoms with Gasteiger partial charge in [-0.2, -0.15) is 0 Å². The van der Waals surface area contributed by atoms with Crippen molar-refractivity contribution in [3.05, 3.63) is 12.2 Å². The number of rotatable bonds is 1. The Morgan fingerprint density at radius 3 is 2.05 bits per heavy atom. The molecule has 1 rings (SSSR count). The Labute approximate surface area is 132 Å². The highest BCUT2D eigenvalue weighted by Crippen LogP contribution is 2.24. The third kappa shape index (κ3) is 5.95. The van der Waals surface area contributed by atoms with Crippen LogP contribution < -0.4 is 5.43 Å². The van der Waals surface area contributed by atoms with E-state index < -0.39 is 23.4 Å². The number of amides is 2. The van der Waals surface area contributed by atoms with Crippen molar-refractivity contribution in [3.63, 3.8) is 0 Å². The second-order valence-electron chi connectivity index (χ2n) is 7.55. The van der Waals surface area contributed by atoms with E-state index in [-0.39, 0.29) is 12.0 Å². The quantitative estimate of drug-likeness (QED) is 0.593. The molecule has 6 nitrogen and oxygen atoms in total. The van der Waals surface area contributed by atoms with E-state index >= 15 is 0 Å². The highest BCUT2D eigenvalue weighted by atomic mass is 16.6. The van der Waals surface area contributed by atoms with Gasteiger partial charge in [0.25, 0.3) is 0 Å². The fourth-order valence-electron chi connectivity index (χ4n) is 2.09. The Balaban J connectivity index is 2.83. The van der Waals surface area contributed by atoms with Crippen molar-refractivity contribution < 1.29 is 19.1 Å². The lowest BCUT2D eigenvalue weighted by molar-refractivity contribution is -0.0121. The standard InChI is InChI=1S/C16H28N2O4/c1-11-9-8-10-12(11)18(14(20)22-16(5,6)7)17-13(19)21-15(2,3)4/h8-9,11-12H,10H2,1-7H3,(H,17,19). The first kappa shape index (κ1) is 18.3. The maximum Gasteiger partial charge on any atom is 0.429 e. The highest BCUT2D eigenvalue weighted by Gasteiger charge is 2.34. The van der Waals surface area contributed by atoms with Crippen LogP contribution in [0.2, 0.25) is 0 Å². The molecule has 2 unspecified atom stereocenters. The summed E-state index contributed by atoms with van der Waals surface area (Å²) in [6, 6.07) is -0.178. The molecule has 6 heteroatoms. The van der Waals surface area contributed by atoms with Crippen LogP contribution in [-0.2, 0) is 9.47 Å². The average Bonchev–Trinajstić information content (AvgIpc) is 2.67. The van der Waals surface area contributed by atoms with Crippen LogP contribution in [-0.4, -0.2) is 34.4 Å². The summed E-state index contributed by atoms with van der Waals surface area (Å²) in [4.78, 5) is 24.4. The van der Waals surface area contributed by atoms with Gasteiger partial charge in [-0.1, -0.05) is 19.1 Å². The molecule has 2 atom stereocenters. The average molecular weight is 312 g/mol. The van der Waals surface area contributed by atoms with Crippen LogP contribution >= 0.6 is 0 Å². The molecule has 0 spiro atoms. The number of carbonyl (C=O) groups excluding carboxylic acids is 2. The largest absolute Gasteiger partial charge is 0.443 e. The van der Waals surface area contributed by atoms with Crippen LogP contribution in [0.5, 0.6) is 0 Å². The van der Waals surface area contributed by atoms with E-state index in [1.54, 1.807) is 41.5 Å². The Kier molecular flexibility index (Phi) is 5.49. The van der Waals surface area contributed by atoms with Crippen molar-refractivity contribution in [1.82, 2.24) is 10.4 Å². The predicted molar refractivity (Wildman–Crippen MR) is 84.2 cm³/mol. The van der Waals surface area contributed by atoms with Crippen molar-refractivity contribution in [1.29, 1.82) is 0 Å². The second kappa shape index (κ2) is 6.58. The number of hydrogen-bond donors (Lipinski definition) is 1. The number of nitrogens with zero attached hydrogens (tertiary/aromatic N) is 1. The van der Waals surface area contributed by atoms with E-state index in [0.29, 0.717) is 6.42 Å². The molecule has 0 aliphatic heterocycles. The number of ether oxygens (including phenoxy) is 2. The van der Waals surface area contributed by atoms with Crippen LogP contribution in [0.4, 0.5) is 9.59 Å². The number of hydrazine groups is 1. The van der Waals surface area contributed by atoms with E-state index in [1.807, 2.05) is 19.1 Å². The van der Waals surface area contributed by atoms with Gasteiger partial charge in [-0.3, -0.25) is 0 Å². The van der Waals surface area contributed by atoms with Gasteiger partial charge in [0.15, 0.2) is 0 Å². The summed E-state index contributed by atoms with van der Waals surface area (Å²) in [6.07, 6.45) is 3.41. The molecule has 0 aromatic heterocycles. The van der Waals surface area contributed by atoms with Crippen molar-refractivity contribution in [3.8, 4) is 0 Å². The minimum absolute atomic E-state index is 0.127. The van der Waals surface area contributed by atoms with Crippen molar-refractivity contribution in [2.24, 2.45) is 5.92 Å². The lowest BCUT2D eigenvalue weighted by Gasteiger charge is -2.34. The fourth-order valence-corrected chi connectivity index (χ4v) is 2.09. The van der Waals surface area contributed by atoms with E-state index in [9.17, 15) is 9.59 Å². The molecule has 1 aliphatic carbocycles. The second-order valence-corrected chi connectivity index (χ2v) is 7.55. The molecule has 22 heavy (non-hydrogen) atoms. The lowest BCUT2D eigenvalue weighted by atomic mass is 10.1. The normalized spacial score (nSPS) is 21.4. The Bertz CT molecular complexity index is 446. The Morgan fingerprint density at radius 1 is 1.09 bits per heavy atom. The molecule has 0 radical (unpaired) electrons. The summed E-state index contributed by atoms with van der Waals surface area (Å²) in [7, 11) is 0. The van der Waals surface area contributed by atoms with E-state index in [1.165, 1.54) is 5.01 Å². The van der Waals surface area contributed by atoms with Gasteiger partial charge in [-0.15, -0.1) is 0 Å². The van der Waals surface area contributed by atoms with Gasteiger partial charge >= 0.3 is 12.2 Å². The van der Waals surface area contributed by atoms with Gasteiger partial charge in [0.1, 0.15) is 11.2 Å². The predicted octanol–water partition coefficient (Wildman–Crippen LogP) is 3.63. The summed E-state index contributed by atoms with van der Waals surface area (Å²) in [5.41, 5.74) is 1.25. The Morgan fingerprint density at radius 2 is 1.64 bits per heavy atom. The first-order chi connectivity index (χ1) is 9.89. The first-order valence-electron chi connectivity index (χ1n) is 7.57. The SMILES string of the molecule is CC1C=CCC1N(NC(=O)OC(C)(C)C)C(=O)OC(C)(C)C. The molecule has 0 bridgehead atoms. The minimum atomic E-state index is -0.669. The van der Waals surface area contributed by atoms with Crippen molar-refractivity contribution >= 4 is 12.2 Å². The third-order valence-electron chi connectivity index (χ3n) is 2.96. The lowest BCUT2D eigenvalue weighted by Crippen LogP contribution is -2.55. The topological polar surface area (TPSA) is 67.9 Å². The Hall–Kier alpha value is -1.72. The smallest absolute Gasteiger partial charge is 0.429 e. The summed E-state index contributed by atoms with van der Waals surface area (Å²) >= 11 is 0. The van der Waals surface area contributed by atoms with Gasteiger partial charge in [-0.05, 0) is 53.9 Å². The van der Waals surface area contributed by atoms with Crippen LogP contribution in [0.25, 0.3) is 0 Å². The molecule has 126 valence electrons. The van der Waals surface area contributed by atoms with Gasteiger partial charge in [0.05, 0.1) is 6.04 Å². The van der Waals surface area contributed by atoms with E-state index in [2.05, 4.69) is 5.43 Å². The zero-order valence-corrected chi connectivity index (χ0v) is 14.6. The van der Waals surface area contributed by atoms with Crippen LogP contribution in [0, 0.1) is 5.92 Å². The number of hydrogen-bond acceptors (Lipinski definition) is 4. The summed E-state index contributed by atoms with van der Waals surface area (Å²) < 4.78 is 10.6. The third-order valence-corrected chi connectivity index (χ3v) is 2.96. The molecule has 0 fully saturated rings. The minimum Gasteiger partial charge on any atom is -0.443 e. The maximum absolute atomic E-state index is 12.4. The van der Waals surface area contributed by atoms with Gasteiger partial charge < -0.3 is 9.47 Å². The maximum atomic E-state index is 12.4. The molecular weight excluding hydrogens is 284 g/mol. The summed E-state index contributed by atoms with van der Waals surface area (Å²) in [6.45, 7) is 12.6. The highest BCUT2D eigenvalue weighted by molar-refractivity contribution is 5.74. The molecule has 2 amide bonds. The molecular formula is C16H28N2O4. The number of carbonyl (C=O) groups is 2. The van der Waals surface area contributed by atoms with Crippen LogP contribution in [0.15, 0.2) is 12.2 Å². The van der Waals surface area contributed by atoms with Crippen molar-refractivity contribution in [2.45, 2.75) is 72.1 Å².